The summed E-state index contributed by atoms with van der Waals surface area (Å²) < 4.78 is 17.2. The third-order valence-electron chi connectivity index (χ3n) is 9.04. The maximum Gasteiger partial charge on any atom is 0.306 e. The summed E-state index contributed by atoms with van der Waals surface area (Å²) in [6.07, 6.45) is 52.4. The molecule has 0 saturated heterocycles. The molecule has 1 unspecified atom stereocenters. The van der Waals surface area contributed by atoms with Crippen molar-refractivity contribution in [1.82, 2.24) is 0 Å². The quantitative estimate of drug-likeness (QED) is 0.0358. The van der Waals surface area contributed by atoms with E-state index in [2.05, 4.69) is 81.5 Å². The van der Waals surface area contributed by atoms with Crippen molar-refractivity contribution < 1.29 is 23.8 Å². The van der Waals surface area contributed by atoms with Gasteiger partial charge in [0.25, 0.3) is 0 Å². The summed E-state index contributed by atoms with van der Waals surface area (Å²) in [5.41, 5.74) is 0. The normalized spacial score (nSPS) is 12.8. The van der Waals surface area contributed by atoms with Crippen LogP contribution in [0.1, 0.15) is 201 Å². The molecule has 0 N–H and O–H groups in total. The molecule has 0 saturated carbocycles. The number of ether oxygens (including phenoxy) is 3. The second-order valence-corrected chi connectivity index (χ2v) is 14.2. The van der Waals surface area contributed by atoms with E-state index < -0.39 is 6.10 Å². The fourth-order valence-electron chi connectivity index (χ4n) is 5.79. The van der Waals surface area contributed by atoms with Gasteiger partial charge in [0.2, 0.25) is 0 Å². The molecule has 0 aliphatic rings. The van der Waals surface area contributed by atoms with Crippen LogP contribution in [0.25, 0.3) is 0 Å². The minimum Gasteiger partial charge on any atom is -0.462 e. The van der Waals surface area contributed by atoms with Crippen molar-refractivity contribution in [2.24, 2.45) is 0 Å². The van der Waals surface area contributed by atoms with Crippen molar-refractivity contribution >= 4 is 11.9 Å². The van der Waals surface area contributed by atoms with E-state index in [1.165, 1.54) is 77.0 Å². The lowest BCUT2D eigenvalue weighted by atomic mass is 10.1. The molecule has 0 heterocycles. The number of esters is 2. The first-order chi connectivity index (χ1) is 25.6. The standard InChI is InChI=1S/C47H82O5/c1-4-7-10-13-15-17-19-21-22-23-24-25-27-29-31-33-36-39-42-50-43-45(52-47(49)41-38-34-12-9-6-3)44-51-46(48)40-37-35-32-30-28-26-20-18-16-14-11-8-5-2/h7,10,15,17-18,20-22,24-25,45H,4-6,8-9,11-14,16,19,23,26-44H2,1-3H3/b10-7-,17-15-,20-18-,22-21-,25-24-. The molecule has 0 fully saturated rings. The van der Waals surface area contributed by atoms with Gasteiger partial charge in [-0.25, -0.2) is 0 Å². The van der Waals surface area contributed by atoms with E-state index in [0.717, 1.165) is 89.9 Å². The molecule has 0 aromatic heterocycles. The van der Waals surface area contributed by atoms with Crippen molar-refractivity contribution in [1.29, 1.82) is 0 Å². The first-order valence-corrected chi connectivity index (χ1v) is 21.8. The topological polar surface area (TPSA) is 61.8 Å². The Morgan fingerprint density at radius 1 is 0.442 bits per heavy atom. The minimum absolute atomic E-state index is 0.0719. The second-order valence-electron chi connectivity index (χ2n) is 14.2. The van der Waals surface area contributed by atoms with Gasteiger partial charge in [-0.3, -0.25) is 9.59 Å². The SMILES string of the molecule is CC/C=C\C/C=C\C/C=C\C/C=C\CCCCCCCOCC(COC(=O)CCCCCCC/C=C\CCCCCC)OC(=O)CCCCCCC. The third-order valence-corrected chi connectivity index (χ3v) is 9.04. The molecule has 0 aromatic rings. The first kappa shape index (κ1) is 49.6. The minimum atomic E-state index is -0.544. The Labute approximate surface area is 322 Å². The van der Waals surface area contributed by atoms with E-state index in [1.807, 2.05) is 0 Å². The van der Waals surface area contributed by atoms with Crippen molar-refractivity contribution in [3.8, 4) is 0 Å². The Balaban J connectivity index is 4.12. The molecule has 0 aliphatic carbocycles. The van der Waals surface area contributed by atoms with Gasteiger partial charge in [-0.05, 0) is 83.5 Å². The highest BCUT2D eigenvalue weighted by Gasteiger charge is 2.17. The highest BCUT2D eigenvalue weighted by atomic mass is 16.6. The third kappa shape index (κ3) is 40.4. The molecule has 5 nitrogen and oxygen atoms in total. The maximum absolute atomic E-state index is 12.5. The summed E-state index contributed by atoms with van der Waals surface area (Å²) in [6, 6.07) is 0. The Bertz CT molecular complexity index is 915. The fraction of sp³-hybridized carbons (Fsp3) is 0.745. The lowest BCUT2D eigenvalue weighted by Crippen LogP contribution is -2.30. The predicted molar refractivity (Wildman–Crippen MR) is 224 cm³/mol. The van der Waals surface area contributed by atoms with Crippen LogP contribution in [-0.2, 0) is 23.8 Å². The number of carbonyl (C=O) groups is 2. The molecule has 0 spiro atoms. The van der Waals surface area contributed by atoms with E-state index in [-0.39, 0.29) is 25.2 Å². The van der Waals surface area contributed by atoms with Gasteiger partial charge in [0.1, 0.15) is 6.61 Å². The number of carbonyl (C=O) groups excluding carboxylic acids is 2. The Kier molecular flexibility index (Phi) is 41.0. The van der Waals surface area contributed by atoms with Crippen LogP contribution in [0.3, 0.4) is 0 Å². The number of unbranched alkanes of at least 4 members (excludes halogenated alkanes) is 18. The Hall–Kier alpha value is -2.40. The van der Waals surface area contributed by atoms with Gasteiger partial charge in [-0.1, -0.05) is 165 Å². The predicted octanol–water partition coefficient (Wildman–Crippen LogP) is 14.2. The monoisotopic (exact) mass is 727 g/mol. The van der Waals surface area contributed by atoms with Gasteiger partial charge in [-0.2, -0.15) is 0 Å². The van der Waals surface area contributed by atoms with Gasteiger partial charge >= 0.3 is 11.9 Å². The molecule has 52 heavy (non-hydrogen) atoms. The smallest absolute Gasteiger partial charge is 0.306 e. The Morgan fingerprint density at radius 3 is 1.42 bits per heavy atom. The zero-order valence-corrected chi connectivity index (χ0v) is 34.3. The van der Waals surface area contributed by atoms with Crippen molar-refractivity contribution in [3.63, 3.8) is 0 Å². The van der Waals surface area contributed by atoms with Crippen molar-refractivity contribution in [3.05, 3.63) is 60.8 Å². The van der Waals surface area contributed by atoms with E-state index >= 15 is 0 Å². The van der Waals surface area contributed by atoms with E-state index in [0.29, 0.717) is 19.4 Å². The number of allylic oxidation sites excluding steroid dienone is 10. The summed E-state index contributed by atoms with van der Waals surface area (Å²) >= 11 is 0. The summed E-state index contributed by atoms with van der Waals surface area (Å²) in [5.74, 6) is -0.433. The average molecular weight is 727 g/mol. The number of rotatable bonds is 39. The first-order valence-electron chi connectivity index (χ1n) is 21.8. The molecule has 0 aromatic carbocycles. The van der Waals surface area contributed by atoms with E-state index in [1.54, 1.807) is 0 Å². The lowest BCUT2D eigenvalue weighted by molar-refractivity contribution is -0.163. The second kappa shape index (κ2) is 43.0. The van der Waals surface area contributed by atoms with E-state index in [9.17, 15) is 9.59 Å². The number of hydrogen-bond donors (Lipinski definition) is 0. The highest BCUT2D eigenvalue weighted by Crippen LogP contribution is 2.12. The highest BCUT2D eigenvalue weighted by molar-refractivity contribution is 5.70. The summed E-state index contributed by atoms with van der Waals surface area (Å²) in [6.45, 7) is 7.57. The zero-order chi connectivity index (χ0) is 37.8. The average Bonchev–Trinajstić information content (AvgIpc) is 3.14. The summed E-state index contributed by atoms with van der Waals surface area (Å²) in [7, 11) is 0. The van der Waals surface area contributed by atoms with Gasteiger partial charge in [-0.15, -0.1) is 0 Å². The van der Waals surface area contributed by atoms with Crippen LogP contribution in [0, 0.1) is 0 Å². The molecular formula is C47H82O5. The van der Waals surface area contributed by atoms with Gasteiger partial charge < -0.3 is 14.2 Å². The zero-order valence-electron chi connectivity index (χ0n) is 34.3. The Morgan fingerprint density at radius 2 is 0.865 bits per heavy atom. The molecular weight excluding hydrogens is 645 g/mol. The summed E-state index contributed by atoms with van der Waals surface area (Å²) in [4.78, 5) is 25.0. The van der Waals surface area contributed by atoms with Crippen LogP contribution in [0.2, 0.25) is 0 Å². The molecule has 0 radical (unpaired) electrons. The van der Waals surface area contributed by atoms with Crippen molar-refractivity contribution in [2.45, 2.75) is 207 Å². The van der Waals surface area contributed by atoms with Crippen LogP contribution in [-0.4, -0.2) is 37.9 Å². The van der Waals surface area contributed by atoms with Crippen LogP contribution < -0.4 is 0 Å². The fourth-order valence-corrected chi connectivity index (χ4v) is 5.79. The van der Waals surface area contributed by atoms with Crippen LogP contribution in [0.15, 0.2) is 60.8 Å². The van der Waals surface area contributed by atoms with Gasteiger partial charge in [0.05, 0.1) is 6.61 Å². The summed E-state index contributed by atoms with van der Waals surface area (Å²) in [5, 5.41) is 0. The van der Waals surface area contributed by atoms with Gasteiger partial charge in [0.15, 0.2) is 6.10 Å². The molecule has 0 bridgehead atoms. The molecule has 5 heteroatoms. The van der Waals surface area contributed by atoms with E-state index in [4.69, 9.17) is 14.2 Å². The maximum atomic E-state index is 12.5. The molecule has 0 rings (SSSR count). The van der Waals surface area contributed by atoms with Crippen LogP contribution in [0.5, 0.6) is 0 Å². The molecule has 0 aliphatic heterocycles. The largest absolute Gasteiger partial charge is 0.462 e. The molecule has 1 atom stereocenters. The van der Waals surface area contributed by atoms with Gasteiger partial charge in [0, 0.05) is 19.4 Å². The van der Waals surface area contributed by atoms with Crippen LogP contribution in [0.4, 0.5) is 0 Å². The molecule has 300 valence electrons. The lowest BCUT2D eigenvalue weighted by Gasteiger charge is -2.18. The van der Waals surface area contributed by atoms with Crippen molar-refractivity contribution in [2.75, 3.05) is 19.8 Å². The number of hydrogen-bond acceptors (Lipinski definition) is 5. The molecule has 0 amide bonds. The van der Waals surface area contributed by atoms with Crippen LogP contribution >= 0.6 is 0 Å².